The summed E-state index contributed by atoms with van der Waals surface area (Å²) in [4.78, 5) is 4.23. The number of benzene rings is 1. The fraction of sp³-hybridized carbons (Fsp3) is 0.312. The lowest BCUT2D eigenvalue weighted by atomic mass is 10.1. The van der Waals surface area contributed by atoms with Crippen LogP contribution in [0, 0.1) is 6.92 Å². The van der Waals surface area contributed by atoms with Gasteiger partial charge in [-0.2, -0.15) is 0 Å². The molecule has 20 heavy (non-hydrogen) atoms. The van der Waals surface area contributed by atoms with Gasteiger partial charge in [0.1, 0.15) is 5.75 Å². The van der Waals surface area contributed by atoms with Crippen LogP contribution >= 0.6 is 11.6 Å². The van der Waals surface area contributed by atoms with Crippen molar-refractivity contribution in [1.29, 1.82) is 0 Å². The smallest absolute Gasteiger partial charge is 0.219 e. The Morgan fingerprint density at radius 3 is 2.80 bits per heavy atom. The molecule has 3 nitrogen and oxygen atoms in total. The molecule has 0 spiro atoms. The number of ether oxygens (including phenoxy) is 1. The van der Waals surface area contributed by atoms with E-state index in [1.165, 1.54) is 0 Å². The third-order valence-corrected chi connectivity index (χ3v) is 3.37. The summed E-state index contributed by atoms with van der Waals surface area (Å²) in [5.74, 6) is 1.18. The third-order valence-electron chi connectivity index (χ3n) is 3.07. The molecular weight excluding hydrogens is 272 g/mol. The van der Waals surface area contributed by atoms with Gasteiger partial charge in [0.25, 0.3) is 0 Å². The maximum atomic E-state index is 6.17. The number of aryl methyl sites for hydroxylation is 1. The van der Waals surface area contributed by atoms with Crippen LogP contribution in [0.25, 0.3) is 0 Å². The quantitative estimate of drug-likeness (QED) is 0.880. The molecule has 0 aliphatic heterocycles. The molecule has 0 aliphatic carbocycles. The first kappa shape index (κ1) is 14.8. The van der Waals surface area contributed by atoms with Gasteiger partial charge in [-0.05, 0) is 49.7 Å². The lowest BCUT2D eigenvalue weighted by Gasteiger charge is -2.14. The summed E-state index contributed by atoms with van der Waals surface area (Å²) in [5, 5.41) is 3.96. The third kappa shape index (κ3) is 3.71. The van der Waals surface area contributed by atoms with Crippen LogP contribution in [0.5, 0.6) is 11.6 Å². The molecule has 0 bridgehead atoms. The van der Waals surface area contributed by atoms with E-state index in [1.807, 2.05) is 37.3 Å². The Balaban J connectivity index is 2.19. The highest BCUT2D eigenvalue weighted by molar-refractivity contribution is 6.32. The van der Waals surface area contributed by atoms with E-state index in [-0.39, 0.29) is 6.04 Å². The van der Waals surface area contributed by atoms with Crippen molar-refractivity contribution in [2.75, 3.05) is 6.54 Å². The van der Waals surface area contributed by atoms with Gasteiger partial charge in [0.2, 0.25) is 5.88 Å². The van der Waals surface area contributed by atoms with Crippen LogP contribution in [0.2, 0.25) is 5.02 Å². The van der Waals surface area contributed by atoms with Crippen LogP contribution < -0.4 is 10.1 Å². The summed E-state index contributed by atoms with van der Waals surface area (Å²) < 4.78 is 5.76. The molecule has 0 saturated heterocycles. The Morgan fingerprint density at radius 1 is 1.30 bits per heavy atom. The van der Waals surface area contributed by atoms with E-state index in [0.717, 1.165) is 17.7 Å². The fourth-order valence-electron chi connectivity index (χ4n) is 1.98. The van der Waals surface area contributed by atoms with E-state index >= 15 is 0 Å². The number of hydrogen-bond acceptors (Lipinski definition) is 3. The number of pyridine rings is 1. The largest absolute Gasteiger partial charge is 0.437 e. The molecule has 0 radical (unpaired) electrons. The normalized spacial score (nSPS) is 12.2. The number of rotatable bonds is 5. The van der Waals surface area contributed by atoms with E-state index in [4.69, 9.17) is 16.3 Å². The molecule has 0 amide bonds. The minimum Gasteiger partial charge on any atom is -0.437 e. The molecule has 0 aliphatic rings. The first-order valence-electron chi connectivity index (χ1n) is 6.73. The predicted octanol–water partition coefficient (Wildman–Crippen LogP) is 4.51. The Labute approximate surface area is 124 Å². The lowest BCUT2D eigenvalue weighted by Crippen LogP contribution is -2.17. The van der Waals surface area contributed by atoms with Gasteiger partial charge in [0, 0.05) is 18.3 Å². The number of nitrogens with zero attached hydrogens (tertiary/aromatic N) is 1. The summed E-state index contributed by atoms with van der Waals surface area (Å²) >= 11 is 6.17. The van der Waals surface area contributed by atoms with Gasteiger partial charge in [-0.25, -0.2) is 4.98 Å². The van der Waals surface area contributed by atoms with Crippen molar-refractivity contribution in [2.45, 2.75) is 26.8 Å². The minimum absolute atomic E-state index is 0.263. The molecule has 1 atom stereocenters. The van der Waals surface area contributed by atoms with Crippen molar-refractivity contribution in [3.05, 3.63) is 52.7 Å². The maximum Gasteiger partial charge on any atom is 0.219 e. The summed E-state index contributed by atoms with van der Waals surface area (Å²) in [6.45, 7) is 7.11. The van der Waals surface area contributed by atoms with Crippen molar-refractivity contribution in [1.82, 2.24) is 10.3 Å². The highest BCUT2D eigenvalue weighted by atomic mass is 35.5. The second-order valence-electron chi connectivity index (χ2n) is 4.74. The zero-order chi connectivity index (χ0) is 14.5. The molecule has 0 fully saturated rings. The highest BCUT2D eigenvalue weighted by Gasteiger charge is 2.08. The molecular formula is C16H19ClN2O. The maximum absolute atomic E-state index is 6.17. The van der Waals surface area contributed by atoms with Gasteiger partial charge in [-0.3, -0.25) is 0 Å². The zero-order valence-electron chi connectivity index (χ0n) is 12.0. The van der Waals surface area contributed by atoms with Crippen LogP contribution in [0.4, 0.5) is 0 Å². The Kier molecular flexibility index (Phi) is 4.99. The van der Waals surface area contributed by atoms with Gasteiger partial charge < -0.3 is 10.1 Å². The fourth-order valence-corrected chi connectivity index (χ4v) is 2.25. The molecule has 1 unspecified atom stereocenters. The molecule has 2 rings (SSSR count). The van der Waals surface area contributed by atoms with E-state index in [9.17, 15) is 0 Å². The number of hydrogen-bond donors (Lipinski definition) is 1. The van der Waals surface area contributed by atoms with E-state index < -0.39 is 0 Å². The average molecular weight is 291 g/mol. The molecule has 1 aromatic heterocycles. The SMILES string of the molecule is CCNC(C)c1ccnc(Oc2ccc(C)cc2Cl)c1. The van der Waals surface area contributed by atoms with E-state index in [1.54, 1.807) is 6.20 Å². The first-order chi connectivity index (χ1) is 9.60. The molecule has 1 heterocycles. The Morgan fingerprint density at radius 2 is 2.10 bits per heavy atom. The van der Waals surface area contributed by atoms with Crippen molar-refractivity contribution < 1.29 is 4.74 Å². The zero-order valence-corrected chi connectivity index (χ0v) is 12.7. The van der Waals surface area contributed by atoms with Gasteiger partial charge >= 0.3 is 0 Å². The molecule has 1 N–H and O–H groups in total. The van der Waals surface area contributed by atoms with Crippen molar-refractivity contribution in [3.63, 3.8) is 0 Å². The van der Waals surface area contributed by atoms with E-state index in [2.05, 4.69) is 24.1 Å². The second-order valence-corrected chi connectivity index (χ2v) is 5.15. The van der Waals surface area contributed by atoms with Gasteiger partial charge in [0.15, 0.2) is 0 Å². The van der Waals surface area contributed by atoms with Crippen LogP contribution in [-0.2, 0) is 0 Å². The van der Waals surface area contributed by atoms with Crippen molar-refractivity contribution in [2.24, 2.45) is 0 Å². The van der Waals surface area contributed by atoms with Gasteiger partial charge in [0.05, 0.1) is 5.02 Å². The number of aromatic nitrogens is 1. The lowest BCUT2D eigenvalue weighted by molar-refractivity contribution is 0.460. The van der Waals surface area contributed by atoms with Gasteiger partial charge in [-0.15, -0.1) is 0 Å². The van der Waals surface area contributed by atoms with Crippen molar-refractivity contribution >= 4 is 11.6 Å². The molecule has 1 aromatic carbocycles. The number of halogens is 1. The van der Waals surface area contributed by atoms with E-state index in [0.29, 0.717) is 16.7 Å². The summed E-state index contributed by atoms with van der Waals surface area (Å²) in [7, 11) is 0. The minimum atomic E-state index is 0.263. The highest BCUT2D eigenvalue weighted by Crippen LogP contribution is 2.29. The summed E-state index contributed by atoms with van der Waals surface area (Å²) in [5.41, 5.74) is 2.24. The monoisotopic (exact) mass is 290 g/mol. The second kappa shape index (κ2) is 6.73. The predicted molar refractivity (Wildman–Crippen MR) is 82.6 cm³/mol. The van der Waals surface area contributed by atoms with Crippen LogP contribution in [0.15, 0.2) is 36.5 Å². The Bertz CT molecular complexity index is 586. The van der Waals surface area contributed by atoms with Crippen LogP contribution in [0.3, 0.4) is 0 Å². The molecule has 106 valence electrons. The summed E-state index contributed by atoms with van der Waals surface area (Å²) in [6, 6.07) is 9.88. The molecule has 4 heteroatoms. The topological polar surface area (TPSA) is 34.2 Å². The average Bonchev–Trinajstić information content (AvgIpc) is 2.43. The van der Waals surface area contributed by atoms with Gasteiger partial charge in [-0.1, -0.05) is 24.6 Å². The van der Waals surface area contributed by atoms with Crippen LogP contribution in [0.1, 0.15) is 31.0 Å². The Hall–Kier alpha value is -1.58. The summed E-state index contributed by atoms with van der Waals surface area (Å²) in [6.07, 6.45) is 1.75. The van der Waals surface area contributed by atoms with Crippen molar-refractivity contribution in [3.8, 4) is 11.6 Å². The van der Waals surface area contributed by atoms with Crippen LogP contribution in [-0.4, -0.2) is 11.5 Å². The molecule has 2 aromatic rings. The standard InChI is InChI=1S/C16H19ClN2O/c1-4-18-12(3)13-7-8-19-16(10-13)20-15-6-5-11(2)9-14(15)17/h5-10,12,18H,4H2,1-3H3. The molecule has 0 saturated carbocycles. The number of nitrogens with one attached hydrogen (secondary N) is 1. The first-order valence-corrected chi connectivity index (χ1v) is 7.11.